The minimum Gasteiger partial charge on any atom is -0.387 e. The minimum atomic E-state index is -1.61. The number of ether oxygens (including phenoxy) is 1. The van der Waals surface area contributed by atoms with Crippen molar-refractivity contribution in [2.24, 2.45) is 0 Å². The molecule has 2 amide bonds. The zero-order chi connectivity index (χ0) is 26.3. The fraction of sp³-hybridized carbons (Fsp3) is 0.500. The number of hydrogen-bond donors (Lipinski definition) is 3. The quantitative estimate of drug-likeness (QED) is 0.535. The molecular formula is C26H33FN4O5. The predicted octanol–water partition coefficient (Wildman–Crippen LogP) is 2.46. The van der Waals surface area contributed by atoms with Crippen LogP contribution in [0.4, 0.5) is 15.8 Å². The SMILES string of the molecule is CC(C)(O)c1cccc(C(=O)Nc2cc3c(cc2N2CCOCC2)C(=O)N(C[C@@H](F)C(C)(C)O)C3)n1. The molecule has 0 aliphatic carbocycles. The maximum atomic E-state index is 14.5. The maximum absolute atomic E-state index is 14.5. The van der Waals surface area contributed by atoms with Gasteiger partial charge in [-0.3, -0.25) is 9.59 Å². The molecule has 3 N–H and O–H groups in total. The molecule has 1 aromatic carbocycles. The number of nitrogens with one attached hydrogen (secondary N) is 1. The highest BCUT2D eigenvalue weighted by Gasteiger charge is 2.35. The third-order valence-corrected chi connectivity index (χ3v) is 6.46. The van der Waals surface area contributed by atoms with Gasteiger partial charge >= 0.3 is 0 Å². The number of hydrogen-bond acceptors (Lipinski definition) is 7. The predicted molar refractivity (Wildman–Crippen MR) is 133 cm³/mol. The summed E-state index contributed by atoms with van der Waals surface area (Å²) in [5.41, 5.74) is 0.0103. The third-order valence-electron chi connectivity index (χ3n) is 6.46. The largest absolute Gasteiger partial charge is 0.387 e. The summed E-state index contributed by atoms with van der Waals surface area (Å²) < 4.78 is 20.0. The lowest BCUT2D eigenvalue weighted by Gasteiger charge is -2.31. The number of anilines is 2. The number of aromatic nitrogens is 1. The van der Waals surface area contributed by atoms with E-state index in [4.69, 9.17) is 4.74 Å². The summed E-state index contributed by atoms with van der Waals surface area (Å²) in [6, 6.07) is 8.35. The Morgan fingerprint density at radius 2 is 1.89 bits per heavy atom. The van der Waals surface area contributed by atoms with Crippen LogP contribution >= 0.6 is 0 Å². The standard InChI is InChI=1S/C26H33FN4O5/c1-25(2,34)21(27)15-31-14-16-12-19(20(13-17(16)24(31)33)30-8-10-36-11-9-30)29-23(32)18-6-5-7-22(28-18)26(3,4)35/h5-7,12-13,21,34-35H,8-11,14-15H2,1-4H3,(H,29,32)/t21-/m1/s1. The molecule has 2 aromatic rings. The van der Waals surface area contributed by atoms with Gasteiger partial charge in [-0.05, 0) is 57.5 Å². The number of amides is 2. The Morgan fingerprint density at radius 3 is 2.53 bits per heavy atom. The number of morpholine rings is 1. The lowest BCUT2D eigenvalue weighted by Crippen LogP contribution is -2.42. The van der Waals surface area contributed by atoms with E-state index in [1.807, 2.05) is 4.90 Å². The van der Waals surface area contributed by atoms with E-state index in [-0.39, 0.29) is 24.7 Å². The van der Waals surface area contributed by atoms with Gasteiger partial charge in [-0.1, -0.05) is 6.07 Å². The second-order valence-corrected chi connectivity index (χ2v) is 10.4. The van der Waals surface area contributed by atoms with Gasteiger partial charge in [-0.15, -0.1) is 0 Å². The average Bonchev–Trinajstić information content (AvgIpc) is 3.12. The fourth-order valence-electron chi connectivity index (χ4n) is 4.23. The Morgan fingerprint density at radius 1 is 1.19 bits per heavy atom. The summed E-state index contributed by atoms with van der Waals surface area (Å²) in [5, 5.41) is 23.2. The third kappa shape index (κ3) is 5.50. The van der Waals surface area contributed by atoms with Crippen LogP contribution in [0.5, 0.6) is 0 Å². The monoisotopic (exact) mass is 500 g/mol. The number of rotatable bonds is 7. The Hall–Kier alpha value is -3.08. The summed E-state index contributed by atoms with van der Waals surface area (Å²) in [5.74, 6) is -0.772. The first kappa shape index (κ1) is 26.0. The molecule has 1 fully saturated rings. The normalized spacial score (nSPS) is 17.2. The van der Waals surface area contributed by atoms with Crippen molar-refractivity contribution in [2.45, 2.75) is 51.6 Å². The molecule has 1 saturated heterocycles. The van der Waals surface area contributed by atoms with E-state index in [1.54, 1.807) is 44.2 Å². The topological polar surface area (TPSA) is 115 Å². The van der Waals surface area contributed by atoms with Crippen LogP contribution in [0.25, 0.3) is 0 Å². The van der Waals surface area contributed by atoms with Crippen LogP contribution in [-0.4, -0.2) is 76.5 Å². The molecule has 0 saturated carbocycles. The number of nitrogens with zero attached hydrogens (tertiary/aromatic N) is 3. The van der Waals surface area contributed by atoms with Crippen molar-refractivity contribution in [1.82, 2.24) is 9.88 Å². The molecule has 0 unspecified atom stereocenters. The summed E-state index contributed by atoms with van der Waals surface area (Å²) in [6.07, 6.45) is -1.61. The Bertz CT molecular complexity index is 1150. The molecule has 36 heavy (non-hydrogen) atoms. The van der Waals surface area contributed by atoms with E-state index in [2.05, 4.69) is 10.3 Å². The van der Waals surface area contributed by atoms with Crippen molar-refractivity contribution >= 4 is 23.2 Å². The van der Waals surface area contributed by atoms with Crippen molar-refractivity contribution < 1.29 is 28.9 Å². The van der Waals surface area contributed by atoms with E-state index in [1.165, 1.54) is 18.7 Å². The smallest absolute Gasteiger partial charge is 0.274 e. The number of halogens is 1. The van der Waals surface area contributed by atoms with Crippen molar-refractivity contribution in [1.29, 1.82) is 0 Å². The highest BCUT2D eigenvalue weighted by atomic mass is 19.1. The molecule has 0 radical (unpaired) electrons. The van der Waals surface area contributed by atoms with Crippen molar-refractivity contribution in [3.8, 4) is 0 Å². The van der Waals surface area contributed by atoms with E-state index < -0.39 is 23.3 Å². The first-order valence-corrected chi connectivity index (χ1v) is 12.0. The molecule has 194 valence electrons. The zero-order valence-electron chi connectivity index (χ0n) is 21.0. The van der Waals surface area contributed by atoms with Crippen molar-refractivity contribution in [2.75, 3.05) is 43.1 Å². The van der Waals surface area contributed by atoms with Crippen molar-refractivity contribution in [3.63, 3.8) is 0 Å². The zero-order valence-corrected chi connectivity index (χ0v) is 21.0. The van der Waals surface area contributed by atoms with E-state index in [0.717, 1.165) is 0 Å². The minimum absolute atomic E-state index is 0.145. The molecule has 9 nitrogen and oxygen atoms in total. The van der Waals surface area contributed by atoms with E-state index >= 15 is 0 Å². The number of aliphatic hydroxyl groups is 2. The Labute approximate surface area is 209 Å². The van der Waals surface area contributed by atoms with Gasteiger partial charge in [0.1, 0.15) is 17.5 Å². The van der Waals surface area contributed by atoms with Gasteiger partial charge in [0.15, 0.2) is 0 Å². The summed E-state index contributed by atoms with van der Waals surface area (Å²) in [6.45, 7) is 8.04. The highest BCUT2D eigenvalue weighted by molar-refractivity contribution is 6.07. The molecular weight excluding hydrogens is 467 g/mol. The second-order valence-electron chi connectivity index (χ2n) is 10.4. The highest BCUT2D eigenvalue weighted by Crippen LogP contribution is 2.35. The lowest BCUT2D eigenvalue weighted by molar-refractivity contribution is -0.0159. The molecule has 1 aromatic heterocycles. The number of alkyl halides is 1. The Balaban J connectivity index is 1.65. The van der Waals surface area contributed by atoms with Crippen LogP contribution in [0.3, 0.4) is 0 Å². The van der Waals surface area contributed by atoms with Crippen LogP contribution in [0.2, 0.25) is 0 Å². The maximum Gasteiger partial charge on any atom is 0.274 e. The van der Waals surface area contributed by atoms with Gasteiger partial charge in [0.05, 0.1) is 42.4 Å². The summed E-state index contributed by atoms with van der Waals surface area (Å²) in [4.78, 5) is 34.0. The molecule has 4 rings (SSSR count). The van der Waals surface area contributed by atoms with Crippen molar-refractivity contribution in [3.05, 3.63) is 52.8 Å². The lowest BCUT2D eigenvalue weighted by atomic mass is 10.0. The van der Waals surface area contributed by atoms with Gasteiger partial charge in [-0.2, -0.15) is 0 Å². The van der Waals surface area contributed by atoms with Crippen LogP contribution in [0, 0.1) is 0 Å². The van der Waals surface area contributed by atoms with Crippen LogP contribution in [0.1, 0.15) is 59.8 Å². The molecule has 2 aliphatic heterocycles. The second kappa shape index (κ2) is 9.76. The van der Waals surface area contributed by atoms with Crippen LogP contribution in [0.15, 0.2) is 30.3 Å². The van der Waals surface area contributed by atoms with Gasteiger partial charge in [0.2, 0.25) is 0 Å². The molecule has 3 heterocycles. The number of benzene rings is 1. The first-order chi connectivity index (χ1) is 16.8. The first-order valence-electron chi connectivity index (χ1n) is 12.0. The van der Waals surface area contributed by atoms with Gasteiger partial charge in [0.25, 0.3) is 11.8 Å². The molecule has 0 bridgehead atoms. The van der Waals surface area contributed by atoms with E-state index in [9.17, 15) is 24.2 Å². The molecule has 2 aliphatic rings. The fourth-order valence-corrected chi connectivity index (χ4v) is 4.23. The molecule has 1 atom stereocenters. The number of carbonyl (C=O) groups is 2. The number of pyridine rings is 1. The van der Waals surface area contributed by atoms with Gasteiger partial charge in [-0.25, -0.2) is 9.37 Å². The van der Waals surface area contributed by atoms with Crippen LogP contribution < -0.4 is 10.2 Å². The molecule has 10 heteroatoms. The van der Waals surface area contributed by atoms with Crippen LogP contribution in [-0.2, 0) is 16.9 Å². The average molecular weight is 501 g/mol. The Kier molecular flexibility index (Phi) is 7.05. The van der Waals surface area contributed by atoms with E-state index in [0.29, 0.717) is 54.5 Å². The summed E-state index contributed by atoms with van der Waals surface area (Å²) in [7, 11) is 0. The number of fused-ring (bicyclic) bond motifs is 1. The van der Waals surface area contributed by atoms with Gasteiger partial charge in [0, 0.05) is 25.2 Å². The molecule has 0 spiro atoms. The van der Waals surface area contributed by atoms with Gasteiger partial charge < -0.3 is 30.1 Å². The number of carbonyl (C=O) groups excluding carboxylic acids is 2. The summed E-state index contributed by atoms with van der Waals surface area (Å²) >= 11 is 0.